The standard InChI is InChI=1S/C18H35N5O2/c1-6-15(22-9-7-8-10-22)11-20-16(19-5)21-14-12-23(13-14)17(24)25-18(2,3)4/h14-15H,6-13H2,1-5H3,(H2,19,20,21). The van der Waals surface area contributed by atoms with E-state index in [1.54, 1.807) is 11.9 Å². The first-order chi connectivity index (χ1) is 11.8. The molecule has 7 nitrogen and oxygen atoms in total. The van der Waals surface area contributed by atoms with Gasteiger partial charge in [-0.1, -0.05) is 6.92 Å². The molecule has 0 aromatic heterocycles. The van der Waals surface area contributed by atoms with Crippen molar-refractivity contribution >= 4 is 12.1 Å². The average Bonchev–Trinajstić information content (AvgIpc) is 3.01. The Morgan fingerprint density at radius 2 is 1.92 bits per heavy atom. The van der Waals surface area contributed by atoms with Gasteiger partial charge in [-0.3, -0.25) is 9.89 Å². The number of hydrogen-bond acceptors (Lipinski definition) is 4. The number of hydrogen-bond donors (Lipinski definition) is 2. The molecule has 0 aliphatic carbocycles. The van der Waals surface area contributed by atoms with Crippen LogP contribution >= 0.6 is 0 Å². The van der Waals surface area contributed by atoms with Gasteiger partial charge in [0.15, 0.2) is 5.96 Å². The second kappa shape index (κ2) is 8.74. The molecule has 0 radical (unpaired) electrons. The van der Waals surface area contributed by atoms with E-state index < -0.39 is 5.60 Å². The molecule has 144 valence electrons. The van der Waals surface area contributed by atoms with Gasteiger partial charge in [0.05, 0.1) is 6.04 Å². The summed E-state index contributed by atoms with van der Waals surface area (Å²) in [4.78, 5) is 20.6. The third-order valence-corrected chi connectivity index (χ3v) is 4.73. The molecule has 2 rings (SSSR count). The Morgan fingerprint density at radius 1 is 1.28 bits per heavy atom. The highest BCUT2D eigenvalue weighted by Crippen LogP contribution is 2.15. The van der Waals surface area contributed by atoms with Gasteiger partial charge in [-0.25, -0.2) is 4.79 Å². The molecule has 2 aliphatic rings. The van der Waals surface area contributed by atoms with Crippen LogP contribution in [-0.2, 0) is 4.74 Å². The van der Waals surface area contributed by atoms with Crippen LogP contribution in [-0.4, -0.2) is 79.3 Å². The lowest BCUT2D eigenvalue weighted by atomic mass is 10.1. The largest absolute Gasteiger partial charge is 0.444 e. The quantitative estimate of drug-likeness (QED) is 0.581. The van der Waals surface area contributed by atoms with E-state index in [0.29, 0.717) is 19.1 Å². The minimum absolute atomic E-state index is 0.227. The molecule has 1 amide bonds. The number of guanidine groups is 1. The van der Waals surface area contributed by atoms with Gasteiger partial charge in [0.2, 0.25) is 0 Å². The number of amides is 1. The number of nitrogens with one attached hydrogen (secondary N) is 2. The second-order valence-electron chi connectivity index (χ2n) is 7.98. The molecular weight excluding hydrogens is 318 g/mol. The summed E-state index contributed by atoms with van der Waals surface area (Å²) in [5.41, 5.74) is -0.446. The summed E-state index contributed by atoms with van der Waals surface area (Å²) in [6.45, 7) is 12.5. The summed E-state index contributed by atoms with van der Waals surface area (Å²) < 4.78 is 5.38. The van der Waals surface area contributed by atoms with Crippen molar-refractivity contribution in [3.05, 3.63) is 0 Å². The van der Waals surface area contributed by atoms with E-state index in [-0.39, 0.29) is 12.1 Å². The van der Waals surface area contributed by atoms with E-state index in [1.807, 2.05) is 20.8 Å². The normalized spacial score (nSPS) is 21.0. The molecule has 0 saturated carbocycles. The van der Waals surface area contributed by atoms with Crippen molar-refractivity contribution in [3.63, 3.8) is 0 Å². The van der Waals surface area contributed by atoms with Crippen LogP contribution in [0.4, 0.5) is 4.79 Å². The first-order valence-corrected chi connectivity index (χ1v) is 9.51. The zero-order valence-corrected chi connectivity index (χ0v) is 16.5. The van der Waals surface area contributed by atoms with Gasteiger partial charge in [-0.05, 0) is 53.1 Å². The maximum absolute atomic E-state index is 12.0. The van der Waals surface area contributed by atoms with Crippen molar-refractivity contribution in [2.45, 2.75) is 64.6 Å². The zero-order chi connectivity index (χ0) is 18.4. The predicted molar refractivity (Wildman–Crippen MR) is 101 cm³/mol. The zero-order valence-electron chi connectivity index (χ0n) is 16.5. The summed E-state index contributed by atoms with van der Waals surface area (Å²) in [5.74, 6) is 0.812. The minimum atomic E-state index is -0.446. The summed E-state index contributed by atoms with van der Waals surface area (Å²) >= 11 is 0. The molecule has 0 bridgehead atoms. The number of carbonyl (C=O) groups is 1. The van der Waals surface area contributed by atoms with Crippen LogP contribution in [0.5, 0.6) is 0 Å². The van der Waals surface area contributed by atoms with Crippen molar-refractivity contribution < 1.29 is 9.53 Å². The van der Waals surface area contributed by atoms with Crippen LogP contribution in [0.2, 0.25) is 0 Å². The Kier molecular flexibility index (Phi) is 6.93. The van der Waals surface area contributed by atoms with Gasteiger partial charge in [0.25, 0.3) is 0 Å². The number of carbonyl (C=O) groups excluding carboxylic acids is 1. The van der Waals surface area contributed by atoms with E-state index >= 15 is 0 Å². The molecule has 1 atom stereocenters. The lowest BCUT2D eigenvalue weighted by molar-refractivity contribution is 0.00700. The van der Waals surface area contributed by atoms with Crippen molar-refractivity contribution in [1.82, 2.24) is 20.4 Å². The van der Waals surface area contributed by atoms with Gasteiger partial charge in [0.1, 0.15) is 5.60 Å². The molecule has 7 heteroatoms. The fourth-order valence-electron chi connectivity index (χ4n) is 3.29. The highest BCUT2D eigenvalue weighted by Gasteiger charge is 2.34. The van der Waals surface area contributed by atoms with E-state index in [0.717, 1.165) is 18.9 Å². The van der Waals surface area contributed by atoms with Crippen LogP contribution in [0, 0.1) is 0 Å². The summed E-state index contributed by atoms with van der Waals surface area (Å²) in [6.07, 6.45) is 3.52. The van der Waals surface area contributed by atoms with Crippen LogP contribution in [0.25, 0.3) is 0 Å². The molecule has 2 aliphatic heterocycles. The Balaban J connectivity index is 1.70. The minimum Gasteiger partial charge on any atom is -0.444 e. The average molecular weight is 354 g/mol. The van der Waals surface area contributed by atoms with Gasteiger partial charge >= 0.3 is 6.09 Å². The Morgan fingerprint density at radius 3 is 2.44 bits per heavy atom. The fraction of sp³-hybridized carbons (Fsp3) is 0.889. The van der Waals surface area contributed by atoms with Crippen LogP contribution < -0.4 is 10.6 Å². The molecule has 2 heterocycles. The molecule has 25 heavy (non-hydrogen) atoms. The number of rotatable bonds is 5. The molecule has 0 spiro atoms. The van der Waals surface area contributed by atoms with Gasteiger partial charge < -0.3 is 20.3 Å². The van der Waals surface area contributed by atoms with E-state index in [2.05, 4.69) is 27.4 Å². The third-order valence-electron chi connectivity index (χ3n) is 4.73. The number of likely N-dealkylation sites (tertiary alicyclic amines) is 2. The third kappa shape index (κ3) is 6.06. The lowest BCUT2D eigenvalue weighted by Crippen LogP contribution is -2.63. The Labute approximate surface area is 152 Å². The van der Waals surface area contributed by atoms with Crippen LogP contribution in [0.1, 0.15) is 47.0 Å². The summed E-state index contributed by atoms with van der Waals surface area (Å²) in [5, 5.41) is 6.83. The molecule has 2 N–H and O–H groups in total. The number of nitrogens with zero attached hydrogens (tertiary/aromatic N) is 3. The highest BCUT2D eigenvalue weighted by molar-refractivity contribution is 5.80. The lowest BCUT2D eigenvalue weighted by Gasteiger charge is -2.40. The second-order valence-corrected chi connectivity index (χ2v) is 7.98. The van der Waals surface area contributed by atoms with Crippen LogP contribution in [0.3, 0.4) is 0 Å². The van der Waals surface area contributed by atoms with Gasteiger partial charge in [0, 0.05) is 32.7 Å². The number of ether oxygens (including phenoxy) is 1. The first kappa shape index (κ1) is 19.8. The smallest absolute Gasteiger partial charge is 0.410 e. The monoisotopic (exact) mass is 353 g/mol. The molecule has 0 aromatic rings. The summed E-state index contributed by atoms with van der Waals surface area (Å²) in [7, 11) is 1.79. The van der Waals surface area contributed by atoms with Crippen molar-refractivity contribution in [3.8, 4) is 0 Å². The molecular formula is C18H35N5O2. The SMILES string of the molecule is CCC(CNC(=NC)NC1CN(C(=O)OC(C)(C)C)C1)N1CCCC1. The molecule has 2 saturated heterocycles. The molecule has 1 unspecified atom stereocenters. The van der Waals surface area contributed by atoms with Crippen molar-refractivity contribution in [2.75, 3.05) is 39.8 Å². The van der Waals surface area contributed by atoms with E-state index in [9.17, 15) is 4.79 Å². The topological polar surface area (TPSA) is 69.2 Å². The van der Waals surface area contributed by atoms with Crippen molar-refractivity contribution in [2.24, 2.45) is 4.99 Å². The number of aliphatic imine (C=N–C) groups is 1. The maximum Gasteiger partial charge on any atom is 0.410 e. The molecule has 2 fully saturated rings. The predicted octanol–water partition coefficient (Wildman–Crippen LogP) is 1.65. The molecule has 0 aromatic carbocycles. The highest BCUT2D eigenvalue weighted by atomic mass is 16.6. The fourth-order valence-corrected chi connectivity index (χ4v) is 3.29. The van der Waals surface area contributed by atoms with Gasteiger partial charge in [-0.2, -0.15) is 0 Å². The summed E-state index contributed by atoms with van der Waals surface area (Å²) in [6, 6.07) is 0.784. The maximum atomic E-state index is 12.0. The van der Waals surface area contributed by atoms with Crippen molar-refractivity contribution in [1.29, 1.82) is 0 Å². The van der Waals surface area contributed by atoms with Gasteiger partial charge in [-0.15, -0.1) is 0 Å². The first-order valence-electron chi connectivity index (χ1n) is 9.51. The van der Waals surface area contributed by atoms with E-state index in [4.69, 9.17) is 4.74 Å². The van der Waals surface area contributed by atoms with Crippen LogP contribution in [0.15, 0.2) is 4.99 Å². The van der Waals surface area contributed by atoms with E-state index in [1.165, 1.54) is 25.9 Å². The Bertz CT molecular complexity index is 463. The Hall–Kier alpha value is -1.50.